The molecule has 3 heterocycles. The lowest BCUT2D eigenvalue weighted by Gasteiger charge is -2.23. The fraction of sp³-hybridized carbons (Fsp3) is 0.667. The topological polar surface area (TPSA) is 53.9 Å². The van der Waals surface area contributed by atoms with E-state index in [1.807, 2.05) is 6.07 Å². The van der Waals surface area contributed by atoms with Crippen LogP contribution in [0.1, 0.15) is 26.2 Å². The van der Waals surface area contributed by atoms with Gasteiger partial charge in [-0.3, -0.25) is 4.90 Å². The highest BCUT2D eigenvalue weighted by atomic mass is 16.6. The first kappa shape index (κ1) is 14.3. The summed E-state index contributed by atoms with van der Waals surface area (Å²) in [7, 11) is 0. The Hall–Kier alpha value is -1.69. The van der Waals surface area contributed by atoms with Crippen LogP contribution in [0.2, 0.25) is 0 Å². The molecule has 0 amide bonds. The minimum atomic E-state index is 0.236. The van der Waals surface area contributed by atoms with Crippen LogP contribution in [0, 0.1) is 0 Å². The van der Waals surface area contributed by atoms with Crippen molar-refractivity contribution in [3.8, 4) is 0 Å². The van der Waals surface area contributed by atoms with Crippen LogP contribution in [0.25, 0.3) is 0 Å². The molecule has 0 unspecified atom stereocenters. The van der Waals surface area contributed by atoms with E-state index in [1.54, 1.807) is 12.4 Å². The molecule has 0 saturated carbocycles. The molecule has 21 heavy (non-hydrogen) atoms. The first-order valence-electron chi connectivity index (χ1n) is 7.81. The number of oxime groups is 1. The highest BCUT2D eigenvalue weighted by molar-refractivity contribution is 5.85. The average Bonchev–Trinajstić information content (AvgIpc) is 2.85. The van der Waals surface area contributed by atoms with Crippen molar-refractivity contribution >= 4 is 11.7 Å². The number of anilines is 1. The third kappa shape index (κ3) is 3.69. The van der Waals surface area contributed by atoms with Crippen molar-refractivity contribution in [2.45, 2.75) is 32.3 Å². The normalized spacial score (nSPS) is 23.6. The van der Waals surface area contributed by atoms with Crippen LogP contribution < -0.4 is 4.90 Å². The number of hydrogen-bond acceptors (Lipinski definition) is 6. The van der Waals surface area contributed by atoms with E-state index in [-0.39, 0.29) is 6.10 Å². The minimum Gasteiger partial charge on any atom is -0.391 e. The average molecular weight is 289 g/mol. The van der Waals surface area contributed by atoms with Crippen LogP contribution in [-0.2, 0) is 4.84 Å². The molecule has 3 rings (SSSR count). The van der Waals surface area contributed by atoms with Gasteiger partial charge in [0.2, 0.25) is 5.95 Å². The zero-order chi connectivity index (χ0) is 14.5. The lowest BCUT2D eigenvalue weighted by molar-refractivity contribution is 0.0544. The van der Waals surface area contributed by atoms with Crippen molar-refractivity contribution < 1.29 is 4.84 Å². The Morgan fingerprint density at radius 3 is 2.81 bits per heavy atom. The molecule has 1 aromatic rings. The zero-order valence-corrected chi connectivity index (χ0v) is 12.6. The highest BCUT2D eigenvalue weighted by Gasteiger charge is 2.24. The molecule has 1 atom stereocenters. The summed E-state index contributed by atoms with van der Waals surface area (Å²) < 4.78 is 0. The van der Waals surface area contributed by atoms with Crippen LogP contribution in [-0.4, -0.2) is 59.4 Å². The number of hydrogen-bond donors (Lipinski definition) is 0. The molecule has 0 spiro atoms. The molecule has 6 nitrogen and oxygen atoms in total. The van der Waals surface area contributed by atoms with Gasteiger partial charge >= 0.3 is 0 Å². The SMILES string of the molecule is CCC1=NO[C@H](CN2CCCN(c3ncccn3)CC2)C1. The summed E-state index contributed by atoms with van der Waals surface area (Å²) in [5, 5.41) is 4.15. The second kappa shape index (κ2) is 6.85. The zero-order valence-electron chi connectivity index (χ0n) is 12.6. The molecular weight excluding hydrogens is 266 g/mol. The largest absolute Gasteiger partial charge is 0.391 e. The fourth-order valence-corrected chi connectivity index (χ4v) is 2.89. The summed E-state index contributed by atoms with van der Waals surface area (Å²) in [4.78, 5) is 19.0. The maximum Gasteiger partial charge on any atom is 0.225 e. The van der Waals surface area contributed by atoms with Gasteiger partial charge in [-0.15, -0.1) is 0 Å². The quantitative estimate of drug-likeness (QED) is 0.841. The highest BCUT2D eigenvalue weighted by Crippen LogP contribution is 2.16. The second-order valence-corrected chi connectivity index (χ2v) is 5.63. The maximum absolute atomic E-state index is 5.52. The van der Waals surface area contributed by atoms with Gasteiger partial charge in [0, 0.05) is 51.5 Å². The van der Waals surface area contributed by atoms with E-state index >= 15 is 0 Å². The summed E-state index contributed by atoms with van der Waals surface area (Å²) >= 11 is 0. The van der Waals surface area contributed by atoms with Gasteiger partial charge in [0.15, 0.2) is 0 Å². The Morgan fingerprint density at radius 2 is 2.05 bits per heavy atom. The van der Waals surface area contributed by atoms with Crippen LogP contribution in [0.4, 0.5) is 5.95 Å². The first-order valence-corrected chi connectivity index (χ1v) is 7.81. The molecule has 1 aromatic heterocycles. The van der Waals surface area contributed by atoms with Gasteiger partial charge in [-0.25, -0.2) is 9.97 Å². The van der Waals surface area contributed by atoms with Crippen molar-refractivity contribution in [3.63, 3.8) is 0 Å². The van der Waals surface area contributed by atoms with Crippen molar-refractivity contribution in [1.82, 2.24) is 14.9 Å². The van der Waals surface area contributed by atoms with Crippen molar-refractivity contribution in [2.75, 3.05) is 37.6 Å². The number of rotatable bonds is 4. The summed E-state index contributed by atoms with van der Waals surface area (Å²) in [6.07, 6.45) is 6.96. The third-order valence-electron chi connectivity index (χ3n) is 4.09. The van der Waals surface area contributed by atoms with Crippen molar-refractivity contribution in [1.29, 1.82) is 0 Å². The summed E-state index contributed by atoms with van der Waals surface area (Å²) in [6.45, 7) is 7.22. The number of aromatic nitrogens is 2. The van der Waals surface area contributed by atoms with Gasteiger partial charge in [-0.2, -0.15) is 0 Å². The summed E-state index contributed by atoms with van der Waals surface area (Å²) in [6, 6.07) is 1.86. The molecule has 0 bridgehead atoms. The molecule has 1 saturated heterocycles. The Bertz CT molecular complexity index is 478. The monoisotopic (exact) mass is 289 g/mol. The molecule has 1 fully saturated rings. The van der Waals surface area contributed by atoms with Crippen molar-refractivity contribution in [3.05, 3.63) is 18.5 Å². The van der Waals surface area contributed by atoms with Gasteiger partial charge in [0.05, 0.1) is 5.71 Å². The molecule has 0 aromatic carbocycles. The van der Waals surface area contributed by atoms with E-state index in [0.717, 1.165) is 57.9 Å². The molecule has 0 aliphatic carbocycles. The Labute approximate surface area is 125 Å². The van der Waals surface area contributed by atoms with E-state index in [2.05, 4.69) is 31.8 Å². The van der Waals surface area contributed by atoms with E-state index in [1.165, 1.54) is 5.71 Å². The van der Waals surface area contributed by atoms with Gasteiger partial charge < -0.3 is 9.74 Å². The Balaban J connectivity index is 1.50. The smallest absolute Gasteiger partial charge is 0.225 e. The Kier molecular flexibility index (Phi) is 4.65. The van der Waals surface area contributed by atoms with Gasteiger partial charge in [0.25, 0.3) is 0 Å². The van der Waals surface area contributed by atoms with Crippen LogP contribution >= 0.6 is 0 Å². The van der Waals surface area contributed by atoms with E-state index in [4.69, 9.17) is 4.84 Å². The minimum absolute atomic E-state index is 0.236. The standard InChI is InChI=1S/C15H23N5O/c1-2-13-11-14(21-18-13)12-19-7-4-8-20(10-9-19)15-16-5-3-6-17-15/h3,5-6,14H,2,4,7-12H2,1H3/t14-/m0/s1. The second-order valence-electron chi connectivity index (χ2n) is 5.63. The van der Waals surface area contributed by atoms with E-state index < -0.39 is 0 Å². The molecule has 0 radical (unpaired) electrons. The molecular formula is C15H23N5O. The fourth-order valence-electron chi connectivity index (χ4n) is 2.89. The lowest BCUT2D eigenvalue weighted by Crippen LogP contribution is -2.36. The molecule has 2 aliphatic rings. The predicted octanol–water partition coefficient (Wildman–Crippen LogP) is 1.54. The van der Waals surface area contributed by atoms with Crippen LogP contribution in [0.5, 0.6) is 0 Å². The van der Waals surface area contributed by atoms with Crippen molar-refractivity contribution in [2.24, 2.45) is 5.16 Å². The number of nitrogens with zero attached hydrogens (tertiary/aromatic N) is 5. The van der Waals surface area contributed by atoms with E-state index in [9.17, 15) is 0 Å². The lowest BCUT2D eigenvalue weighted by atomic mass is 10.1. The van der Waals surface area contributed by atoms with Gasteiger partial charge in [-0.05, 0) is 18.9 Å². The molecule has 6 heteroatoms. The molecule has 0 N–H and O–H groups in total. The van der Waals surface area contributed by atoms with Crippen LogP contribution in [0.15, 0.2) is 23.6 Å². The summed E-state index contributed by atoms with van der Waals surface area (Å²) in [5.74, 6) is 0.841. The van der Waals surface area contributed by atoms with Gasteiger partial charge in [-0.1, -0.05) is 12.1 Å². The molecule has 114 valence electrons. The first-order chi connectivity index (χ1) is 10.3. The van der Waals surface area contributed by atoms with E-state index in [0.29, 0.717) is 0 Å². The Morgan fingerprint density at radius 1 is 1.19 bits per heavy atom. The maximum atomic E-state index is 5.52. The third-order valence-corrected chi connectivity index (χ3v) is 4.09. The predicted molar refractivity (Wildman–Crippen MR) is 82.5 cm³/mol. The summed E-state index contributed by atoms with van der Waals surface area (Å²) in [5.41, 5.74) is 1.19. The molecule has 2 aliphatic heterocycles. The van der Waals surface area contributed by atoms with Crippen LogP contribution in [0.3, 0.4) is 0 Å². The van der Waals surface area contributed by atoms with Gasteiger partial charge in [0.1, 0.15) is 6.10 Å².